The van der Waals surface area contributed by atoms with Crippen molar-refractivity contribution in [2.45, 2.75) is 30.7 Å². The molecule has 0 saturated heterocycles. The second-order valence-electron chi connectivity index (χ2n) is 5.36. The van der Waals surface area contributed by atoms with Crippen LogP contribution < -0.4 is 5.32 Å². The quantitative estimate of drug-likeness (QED) is 0.627. The molecule has 0 aliphatic heterocycles. The van der Waals surface area contributed by atoms with E-state index in [-0.39, 0.29) is 11.2 Å². The summed E-state index contributed by atoms with van der Waals surface area (Å²) in [7, 11) is 0. The van der Waals surface area contributed by atoms with Crippen molar-refractivity contribution in [3.63, 3.8) is 0 Å². The molecule has 3 aromatic rings. The van der Waals surface area contributed by atoms with Crippen LogP contribution in [-0.4, -0.2) is 16.1 Å². The van der Waals surface area contributed by atoms with Crippen LogP contribution >= 0.6 is 23.4 Å². The Balaban J connectivity index is 1.75. The third-order valence-corrected chi connectivity index (χ3v) is 5.32. The molecule has 1 N–H and O–H groups in total. The van der Waals surface area contributed by atoms with Gasteiger partial charge in [-0.1, -0.05) is 48.5 Å². The van der Waals surface area contributed by atoms with E-state index in [1.807, 2.05) is 50.2 Å². The van der Waals surface area contributed by atoms with Crippen molar-refractivity contribution in [3.05, 3.63) is 53.1 Å². The number of benzene rings is 2. The Labute approximate surface area is 149 Å². The first kappa shape index (κ1) is 16.9. The summed E-state index contributed by atoms with van der Waals surface area (Å²) in [5.74, 6) is -0.0878. The topological polar surface area (TPSA) is 55.1 Å². The molecule has 0 bridgehead atoms. The van der Waals surface area contributed by atoms with Crippen LogP contribution in [0.4, 0.5) is 5.69 Å². The average molecular weight is 361 g/mol. The third-order valence-electron chi connectivity index (χ3n) is 3.71. The van der Waals surface area contributed by atoms with Crippen molar-refractivity contribution >= 4 is 46.1 Å². The first-order valence-electron chi connectivity index (χ1n) is 7.66. The van der Waals surface area contributed by atoms with Gasteiger partial charge in [0.2, 0.25) is 5.91 Å². The van der Waals surface area contributed by atoms with Crippen LogP contribution in [0, 0.1) is 6.92 Å². The van der Waals surface area contributed by atoms with E-state index < -0.39 is 0 Å². The number of nitrogens with one attached hydrogen (secondary N) is 1. The molecule has 1 atom stereocenters. The predicted octanol–water partition coefficient (Wildman–Crippen LogP) is 5.30. The summed E-state index contributed by atoms with van der Waals surface area (Å²) in [6.45, 7) is 3.84. The Morgan fingerprint density at radius 2 is 2.08 bits per heavy atom. The van der Waals surface area contributed by atoms with E-state index in [4.69, 9.17) is 16.0 Å². The van der Waals surface area contributed by atoms with E-state index in [9.17, 15) is 4.79 Å². The first-order chi connectivity index (χ1) is 11.6. The Hall–Kier alpha value is -1.98. The van der Waals surface area contributed by atoms with Crippen molar-refractivity contribution in [3.8, 4) is 0 Å². The Bertz CT molecular complexity index is 845. The molecule has 4 nitrogen and oxygen atoms in total. The second kappa shape index (κ2) is 7.28. The summed E-state index contributed by atoms with van der Waals surface area (Å²) in [6, 6.07) is 13.0. The van der Waals surface area contributed by atoms with Crippen molar-refractivity contribution < 1.29 is 9.21 Å². The molecule has 0 radical (unpaired) electrons. The number of amides is 1. The normalized spacial score (nSPS) is 12.3. The molecule has 1 aromatic heterocycles. The van der Waals surface area contributed by atoms with E-state index in [1.54, 1.807) is 6.07 Å². The van der Waals surface area contributed by atoms with Gasteiger partial charge in [0.15, 0.2) is 5.58 Å². The summed E-state index contributed by atoms with van der Waals surface area (Å²) in [4.78, 5) is 17.0. The van der Waals surface area contributed by atoms with E-state index >= 15 is 0 Å². The van der Waals surface area contributed by atoms with E-state index in [2.05, 4.69) is 10.3 Å². The van der Waals surface area contributed by atoms with Gasteiger partial charge in [-0.05, 0) is 43.2 Å². The van der Waals surface area contributed by atoms with Crippen LogP contribution in [0.25, 0.3) is 11.1 Å². The fourth-order valence-electron chi connectivity index (χ4n) is 2.30. The number of aromatic nitrogens is 1. The second-order valence-corrected chi connectivity index (χ2v) is 6.93. The molecule has 0 spiro atoms. The summed E-state index contributed by atoms with van der Waals surface area (Å²) in [6.07, 6.45) is 0.662. The molecular formula is C18H17ClN2O2S. The van der Waals surface area contributed by atoms with Crippen molar-refractivity contribution in [2.75, 3.05) is 5.32 Å². The van der Waals surface area contributed by atoms with Gasteiger partial charge in [0.25, 0.3) is 5.22 Å². The SMILES string of the molecule is CCC(Sc1nc2ccccc2o1)C(=O)Nc1cccc(Cl)c1C. The maximum atomic E-state index is 12.6. The van der Waals surface area contributed by atoms with Crippen LogP contribution in [0.15, 0.2) is 52.1 Å². The molecule has 0 saturated carbocycles. The van der Waals surface area contributed by atoms with Gasteiger partial charge in [-0.25, -0.2) is 4.98 Å². The number of thioether (sulfide) groups is 1. The molecule has 0 fully saturated rings. The molecule has 0 aliphatic carbocycles. The van der Waals surface area contributed by atoms with Gasteiger partial charge < -0.3 is 9.73 Å². The number of hydrogen-bond acceptors (Lipinski definition) is 4. The number of carbonyl (C=O) groups is 1. The molecule has 1 heterocycles. The highest BCUT2D eigenvalue weighted by Gasteiger charge is 2.21. The van der Waals surface area contributed by atoms with E-state index in [0.29, 0.717) is 16.7 Å². The smallest absolute Gasteiger partial charge is 0.257 e. The first-order valence-corrected chi connectivity index (χ1v) is 8.92. The maximum Gasteiger partial charge on any atom is 0.257 e. The van der Waals surface area contributed by atoms with Gasteiger partial charge in [0.1, 0.15) is 5.52 Å². The molecule has 124 valence electrons. The summed E-state index contributed by atoms with van der Waals surface area (Å²) in [5, 5.41) is 3.78. The zero-order valence-corrected chi connectivity index (χ0v) is 14.9. The zero-order valence-electron chi connectivity index (χ0n) is 13.4. The van der Waals surface area contributed by atoms with Crippen LogP contribution in [0.1, 0.15) is 18.9 Å². The highest BCUT2D eigenvalue weighted by molar-refractivity contribution is 8.00. The van der Waals surface area contributed by atoms with E-state index in [0.717, 1.165) is 22.4 Å². The highest BCUT2D eigenvalue weighted by atomic mass is 35.5. The van der Waals surface area contributed by atoms with Gasteiger partial charge in [0.05, 0.1) is 5.25 Å². The molecule has 24 heavy (non-hydrogen) atoms. The molecule has 1 unspecified atom stereocenters. The largest absolute Gasteiger partial charge is 0.431 e. The molecule has 0 aliphatic rings. The van der Waals surface area contributed by atoms with Crippen LogP contribution in [0.5, 0.6) is 0 Å². The average Bonchev–Trinajstić information content (AvgIpc) is 2.99. The summed E-state index contributed by atoms with van der Waals surface area (Å²) in [5.41, 5.74) is 3.10. The monoisotopic (exact) mass is 360 g/mol. The molecule has 6 heteroatoms. The number of fused-ring (bicyclic) bond motifs is 1. The minimum absolute atomic E-state index is 0.0878. The zero-order chi connectivity index (χ0) is 17.1. The van der Waals surface area contributed by atoms with Crippen LogP contribution in [0.3, 0.4) is 0 Å². The van der Waals surface area contributed by atoms with Crippen molar-refractivity contribution in [1.29, 1.82) is 0 Å². The lowest BCUT2D eigenvalue weighted by Crippen LogP contribution is -2.25. The van der Waals surface area contributed by atoms with Gasteiger partial charge in [0, 0.05) is 10.7 Å². The molecular weight excluding hydrogens is 344 g/mol. The number of carbonyl (C=O) groups excluding carboxylic acids is 1. The Kier molecular flexibility index (Phi) is 5.11. The summed E-state index contributed by atoms with van der Waals surface area (Å²) >= 11 is 7.43. The van der Waals surface area contributed by atoms with E-state index in [1.165, 1.54) is 11.8 Å². The lowest BCUT2D eigenvalue weighted by Gasteiger charge is -2.14. The predicted molar refractivity (Wildman–Crippen MR) is 98.8 cm³/mol. The number of hydrogen-bond donors (Lipinski definition) is 1. The minimum atomic E-state index is -0.295. The molecule has 1 amide bonds. The fourth-order valence-corrected chi connectivity index (χ4v) is 3.34. The Morgan fingerprint density at radius 1 is 1.29 bits per heavy atom. The van der Waals surface area contributed by atoms with Crippen LogP contribution in [0.2, 0.25) is 5.02 Å². The minimum Gasteiger partial charge on any atom is -0.431 e. The maximum absolute atomic E-state index is 12.6. The van der Waals surface area contributed by atoms with Crippen molar-refractivity contribution in [2.24, 2.45) is 0 Å². The number of nitrogens with zero attached hydrogens (tertiary/aromatic N) is 1. The highest BCUT2D eigenvalue weighted by Crippen LogP contribution is 2.30. The lowest BCUT2D eigenvalue weighted by atomic mass is 10.2. The lowest BCUT2D eigenvalue weighted by molar-refractivity contribution is -0.115. The summed E-state index contributed by atoms with van der Waals surface area (Å²) < 4.78 is 5.69. The fraction of sp³-hybridized carbons (Fsp3) is 0.222. The molecule has 2 aromatic carbocycles. The van der Waals surface area contributed by atoms with Gasteiger partial charge in [-0.3, -0.25) is 4.79 Å². The number of rotatable bonds is 5. The Morgan fingerprint density at radius 3 is 2.83 bits per heavy atom. The van der Waals surface area contributed by atoms with Crippen LogP contribution in [-0.2, 0) is 4.79 Å². The number of para-hydroxylation sites is 2. The molecule has 3 rings (SSSR count). The number of halogens is 1. The van der Waals surface area contributed by atoms with Gasteiger partial charge >= 0.3 is 0 Å². The third kappa shape index (κ3) is 3.57. The standard InChI is InChI=1S/C18H17ClN2O2S/c1-3-16(17(22)20-13-9-6-7-12(19)11(13)2)24-18-21-14-8-4-5-10-15(14)23-18/h4-10,16H,3H2,1-2H3,(H,20,22). The number of anilines is 1. The van der Waals surface area contributed by atoms with Gasteiger partial charge in [-0.15, -0.1) is 0 Å². The number of oxazole rings is 1. The van der Waals surface area contributed by atoms with Gasteiger partial charge in [-0.2, -0.15) is 0 Å². The van der Waals surface area contributed by atoms with Crippen molar-refractivity contribution in [1.82, 2.24) is 4.98 Å².